The molecule has 1 amide bonds. The van der Waals surface area contributed by atoms with Crippen LogP contribution in [0.1, 0.15) is 6.92 Å². The van der Waals surface area contributed by atoms with Crippen molar-refractivity contribution >= 4 is 40.5 Å². The summed E-state index contributed by atoms with van der Waals surface area (Å²) in [6.45, 7) is 1.68. The van der Waals surface area contributed by atoms with Crippen LogP contribution < -0.4 is 5.32 Å². The van der Waals surface area contributed by atoms with Crippen molar-refractivity contribution in [2.75, 3.05) is 5.32 Å². The van der Waals surface area contributed by atoms with Gasteiger partial charge in [-0.05, 0) is 13.0 Å². The molecule has 1 aromatic rings. The average Bonchev–Trinajstić information content (AvgIpc) is 2.23. The molecule has 1 N–H and O–H groups in total. The quantitative estimate of drug-likeness (QED) is 0.522. The van der Waals surface area contributed by atoms with E-state index in [2.05, 4.69) is 5.32 Å². The minimum atomic E-state index is -0.616. The maximum atomic E-state index is 11.3. The van der Waals surface area contributed by atoms with Gasteiger partial charge < -0.3 is 5.32 Å². The lowest BCUT2D eigenvalue weighted by molar-refractivity contribution is -0.384. The highest BCUT2D eigenvalue weighted by atomic mass is 35.5. The molecule has 1 aromatic carbocycles. The van der Waals surface area contributed by atoms with Crippen LogP contribution in [0.3, 0.4) is 0 Å². The van der Waals surface area contributed by atoms with Crippen molar-refractivity contribution in [3.63, 3.8) is 0 Å². The molecular formula is C10H8Cl2N2O3. The van der Waals surface area contributed by atoms with Gasteiger partial charge in [0.1, 0.15) is 0 Å². The van der Waals surface area contributed by atoms with E-state index in [4.69, 9.17) is 23.2 Å². The van der Waals surface area contributed by atoms with Crippen molar-refractivity contribution in [1.29, 1.82) is 0 Å². The lowest BCUT2D eigenvalue weighted by Gasteiger charge is -2.07. The second kappa shape index (κ2) is 5.65. The van der Waals surface area contributed by atoms with Gasteiger partial charge in [-0.2, -0.15) is 0 Å². The van der Waals surface area contributed by atoms with E-state index in [1.165, 1.54) is 6.08 Å². The Hall–Kier alpha value is -1.59. The standard InChI is InChI=1S/C10H8Cl2N2O3/c1-2-3-9(15)13-10-7(11)4-6(14(16)17)5-8(10)12/h2-5H,1H3,(H,13,15)/b3-2+. The molecule has 0 saturated heterocycles. The Morgan fingerprint density at radius 1 is 1.41 bits per heavy atom. The molecule has 0 aliphatic rings. The number of nitrogens with zero attached hydrogens (tertiary/aromatic N) is 1. The highest BCUT2D eigenvalue weighted by Crippen LogP contribution is 2.34. The number of allylic oxidation sites excluding steroid dienone is 1. The van der Waals surface area contributed by atoms with Crippen LogP contribution >= 0.6 is 23.2 Å². The average molecular weight is 275 g/mol. The molecule has 0 bridgehead atoms. The van der Waals surface area contributed by atoms with Crippen LogP contribution in [0, 0.1) is 10.1 Å². The van der Waals surface area contributed by atoms with Crippen molar-refractivity contribution in [3.05, 3.63) is 44.4 Å². The summed E-state index contributed by atoms with van der Waals surface area (Å²) in [4.78, 5) is 21.2. The van der Waals surface area contributed by atoms with Gasteiger partial charge in [0.15, 0.2) is 0 Å². The molecule has 0 atom stereocenters. The molecule has 0 unspecified atom stereocenters. The summed E-state index contributed by atoms with van der Waals surface area (Å²) in [7, 11) is 0. The molecule has 0 fully saturated rings. The van der Waals surface area contributed by atoms with Gasteiger partial charge in [-0.1, -0.05) is 29.3 Å². The van der Waals surface area contributed by atoms with Crippen LogP contribution in [0.2, 0.25) is 10.0 Å². The Labute approximate surface area is 107 Å². The summed E-state index contributed by atoms with van der Waals surface area (Å²) in [6, 6.07) is 2.25. The van der Waals surface area contributed by atoms with E-state index in [0.29, 0.717) is 0 Å². The third-order valence-electron chi connectivity index (χ3n) is 1.80. The number of rotatable bonds is 3. The van der Waals surface area contributed by atoms with Gasteiger partial charge in [0.25, 0.3) is 5.69 Å². The van der Waals surface area contributed by atoms with E-state index in [0.717, 1.165) is 12.1 Å². The zero-order valence-corrected chi connectivity index (χ0v) is 10.2. The summed E-state index contributed by atoms with van der Waals surface area (Å²) in [5.74, 6) is -0.412. The fraction of sp³-hybridized carbons (Fsp3) is 0.100. The van der Waals surface area contributed by atoms with Crippen molar-refractivity contribution in [1.82, 2.24) is 0 Å². The van der Waals surface area contributed by atoms with Crippen molar-refractivity contribution in [3.8, 4) is 0 Å². The molecule has 0 aromatic heterocycles. The number of nitro groups is 1. The van der Waals surface area contributed by atoms with E-state index < -0.39 is 10.8 Å². The Kier molecular flexibility index (Phi) is 4.48. The third kappa shape index (κ3) is 3.44. The summed E-state index contributed by atoms with van der Waals surface area (Å²) in [5.41, 5.74) is -0.0777. The van der Waals surface area contributed by atoms with Gasteiger partial charge in [-0.3, -0.25) is 14.9 Å². The number of carbonyl (C=O) groups excluding carboxylic acids is 1. The zero-order valence-electron chi connectivity index (χ0n) is 8.74. The van der Waals surface area contributed by atoms with Gasteiger partial charge in [0.05, 0.1) is 20.7 Å². The maximum Gasteiger partial charge on any atom is 0.272 e. The van der Waals surface area contributed by atoms with Crippen molar-refractivity contribution < 1.29 is 9.72 Å². The number of benzene rings is 1. The summed E-state index contributed by atoms with van der Waals surface area (Å²) >= 11 is 11.6. The van der Waals surface area contributed by atoms with Gasteiger partial charge in [0, 0.05) is 12.1 Å². The van der Waals surface area contributed by atoms with Gasteiger partial charge in [-0.15, -0.1) is 0 Å². The van der Waals surface area contributed by atoms with Crippen molar-refractivity contribution in [2.24, 2.45) is 0 Å². The van der Waals surface area contributed by atoms with Crippen molar-refractivity contribution in [2.45, 2.75) is 6.92 Å². The molecule has 1 rings (SSSR count). The Morgan fingerprint density at radius 2 is 1.94 bits per heavy atom. The highest BCUT2D eigenvalue weighted by molar-refractivity contribution is 6.40. The number of hydrogen-bond acceptors (Lipinski definition) is 3. The van der Waals surface area contributed by atoms with E-state index in [1.807, 2.05) is 0 Å². The van der Waals surface area contributed by atoms with Crippen LogP contribution in [0.5, 0.6) is 0 Å². The predicted molar refractivity (Wildman–Crippen MR) is 66.6 cm³/mol. The number of nitrogens with one attached hydrogen (secondary N) is 1. The molecule has 0 saturated carbocycles. The molecule has 0 aliphatic carbocycles. The monoisotopic (exact) mass is 274 g/mol. The van der Waals surface area contributed by atoms with E-state index in [1.54, 1.807) is 13.0 Å². The molecule has 5 nitrogen and oxygen atoms in total. The van der Waals surface area contributed by atoms with E-state index >= 15 is 0 Å². The largest absolute Gasteiger partial charge is 0.320 e. The van der Waals surface area contributed by atoms with Crippen LogP contribution in [-0.2, 0) is 4.79 Å². The van der Waals surface area contributed by atoms with E-state index in [9.17, 15) is 14.9 Å². The smallest absolute Gasteiger partial charge is 0.272 e. The molecule has 7 heteroatoms. The van der Waals surface area contributed by atoms with Gasteiger partial charge >= 0.3 is 0 Å². The number of anilines is 1. The Bertz CT molecular complexity index is 477. The third-order valence-corrected chi connectivity index (χ3v) is 2.40. The fourth-order valence-corrected chi connectivity index (χ4v) is 1.67. The number of non-ortho nitro benzene ring substituents is 1. The minimum absolute atomic E-state index is 0.0158. The number of carbonyl (C=O) groups is 1. The lowest BCUT2D eigenvalue weighted by atomic mass is 10.2. The minimum Gasteiger partial charge on any atom is -0.320 e. The molecule has 0 heterocycles. The molecule has 17 heavy (non-hydrogen) atoms. The summed E-state index contributed by atoms with van der Waals surface area (Å²) in [6.07, 6.45) is 2.83. The van der Waals surface area contributed by atoms with Crippen LogP contribution in [-0.4, -0.2) is 10.8 Å². The second-order valence-corrected chi connectivity index (χ2v) is 3.85. The highest BCUT2D eigenvalue weighted by Gasteiger charge is 2.15. The molecule has 0 spiro atoms. The Morgan fingerprint density at radius 3 is 2.35 bits per heavy atom. The molecular weight excluding hydrogens is 267 g/mol. The second-order valence-electron chi connectivity index (χ2n) is 3.03. The van der Waals surface area contributed by atoms with E-state index in [-0.39, 0.29) is 21.4 Å². The summed E-state index contributed by atoms with van der Waals surface area (Å²) in [5, 5.41) is 13.0. The first kappa shape index (κ1) is 13.5. The van der Waals surface area contributed by atoms with Gasteiger partial charge in [-0.25, -0.2) is 0 Å². The SMILES string of the molecule is C/C=C/C(=O)Nc1c(Cl)cc([N+](=O)[O-])cc1Cl. The van der Waals surface area contributed by atoms with Crippen LogP contribution in [0.15, 0.2) is 24.3 Å². The van der Waals surface area contributed by atoms with Crippen LogP contribution in [0.4, 0.5) is 11.4 Å². The number of halogens is 2. The van der Waals surface area contributed by atoms with Crippen LogP contribution in [0.25, 0.3) is 0 Å². The maximum absolute atomic E-state index is 11.3. The molecule has 90 valence electrons. The first-order valence-electron chi connectivity index (χ1n) is 4.52. The fourth-order valence-electron chi connectivity index (χ4n) is 1.10. The number of nitro benzene ring substituents is 1. The topological polar surface area (TPSA) is 72.2 Å². The zero-order chi connectivity index (χ0) is 13.0. The number of hydrogen-bond donors (Lipinski definition) is 1. The normalized spacial score (nSPS) is 10.5. The number of amides is 1. The van der Waals surface area contributed by atoms with Gasteiger partial charge in [0.2, 0.25) is 5.91 Å². The Balaban J connectivity index is 3.10. The lowest BCUT2D eigenvalue weighted by Crippen LogP contribution is -2.08. The molecule has 0 aliphatic heterocycles. The molecule has 0 radical (unpaired) electrons. The first-order valence-corrected chi connectivity index (χ1v) is 5.28. The predicted octanol–water partition coefficient (Wildman–Crippen LogP) is 3.42. The summed E-state index contributed by atoms with van der Waals surface area (Å²) < 4.78 is 0. The first-order chi connectivity index (χ1) is 7.95.